The van der Waals surface area contributed by atoms with Gasteiger partial charge < -0.3 is 15.0 Å². The van der Waals surface area contributed by atoms with Crippen LogP contribution in [0.1, 0.15) is 10.4 Å². The fourth-order valence-electron chi connectivity index (χ4n) is 3.14. The first kappa shape index (κ1) is 16.9. The number of carbonyl (C=O) groups excluding carboxylic acids is 1. The zero-order valence-corrected chi connectivity index (χ0v) is 16.4. The van der Waals surface area contributed by atoms with E-state index in [1.54, 1.807) is 29.8 Å². The first-order chi connectivity index (χ1) is 13.6. The van der Waals surface area contributed by atoms with E-state index in [2.05, 4.69) is 9.97 Å². The van der Waals surface area contributed by atoms with Crippen LogP contribution in [0.3, 0.4) is 0 Å². The quantitative estimate of drug-likeness (QED) is 0.465. The Morgan fingerprint density at radius 2 is 2.00 bits per heavy atom. The van der Waals surface area contributed by atoms with Crippen LogP contribution in [-0.4, -0.2) is 20.4 Å². The lowest BCUT2D eigenvalue weighted by Crippen LogP contribution is -2.11. The van der Waals surface area contributed by atoms with Crippen LogP contribution in [0, 0.1) is 0 Å². The number of carbonyl (C=O) groups is 1. The number of hydrogen-bond acceptors (Lipinski definition) is 6. The highest BCUT2D eigenvalue weighted by atomic mass is 32.1. The number of aryl methyl sites for hydroxylation is 1. The van der Waals surface area contributed by atoms with Crippen molar-refractivity contribution < 1.29 is 9.53 Å². The van der Waals surface area contributed by atoms with E-state index in [4.69, 9.17) is 10.5 Å². The van der Waals surface area contributed by atoms with Crippen LogP contribution in [0.2, 0.25) is 0 Å². The molecule has 2 N–H and O–H groups in total. The Morgan fingerprint density at radius 3 is 2.79 bits per heavy atom. The summed E-state index contributed by atoms with van der Waals surface area (Å²) in [6.45, 7) is 0. The largest absolute Gasteiger partial charge is 0.444 e. The predicted molar refractivity (Wildman–Crippen MR) is 112 cm³/mol. The summed E-state index contributed by atoms with van der Waals surface area (Å²) in [7, 11) is 1.95. The van der Waals surface area contributed by atoms with Crippen LogP contribution < -0.4 is 10.5 Å². The Labute approximate surface area is 167 Å². The molecule has 0 aliphatic rings. The molecule has 0 aliphatic carbocycles. The summed E-state index contributed by atoms with van der Waals surface area (Å²) in [6, 6.07) is 11.4. The van der Waals surface area contributed by atoms with Crippen molar-refractivity contribution in [1.29, 1.82) is 0 Å². The average molecular weight is 406 g/mol. The van der Waals surface area contributed by atoms with Gasteiger partial charge in [-0.3, -0.25) is 9.78 Å². The minimum atomic E-state index is -0.502. The number of pyridine rings is 1. The van der Waals surface area contributed by atoms with Crippen LogP contribution in [-0.2, 0) is 7.05 Å². The summed E-state index contributed by atoms with van der Waals surface area (Å²) in [6.07, 6.45) is 5.37. The number of nitrogens with two attached hydrogens (primary N) is 1. The second-order valence-electron chi connectivity index (χ2n) is 6.22. The minimum absolute atomic E-state index is 0.409. The maximum Gasteiger partial charge on any atom is 0.254 e. The number of amides is 1. The van der Waals surface area contributed by atoms with Crippen molar-refractivity contribution in [3.63, 3.8) is 0 Å². The number of benzene rings is 1. The second kappa shape index (κ2) is 6.43. The summed E-state index contributed by atoms with van der Waals surface area (Å²) in [5.74, 6) is 1.01. The Hall–Kier alpha value is -3.23. The van der Waals surface area contributed by atoms with Crippen molar-refractivity contribution in [1.82, 2.24) is 14.5 Å². The van der Waals surface area contributed by atoms with Gasteiger partial charge in [-0.1, -0.05) is 29.5 Å². The zero-order chi connectivity index (χ0) is 19.3. The number of imidazole rings is 1. The molecule has 138 valence electrons. The van der Waals surface area contributed by atoms with Gasteiger partial charge in [0.2, 0.25) is 0 Å². The molecule has 0 fully saturated rings. The molecule has 0 unspecified atom stereocenters. The molecular weight excluding hydrogens is 392 g/mol. The van der Waals surface area contributed by atoms with Crippen LogP contribution >= 0.6 is 22.7 Å². The molecule has 5 rings (SSSR count). The van der Waals surface area contributed by atoms with Crippen molar-refractivity contribution in [2.24, 2.45) is 12.8 Å². The molecule has 0 saturated carbocycles. The van der Waals surface area contributed by atoms with Gasteiger partial charge in [0.05, 0.1) is 15.1 Å². The van der Waals surface area contributed by atoms with E-state index in [0.717, 1.165) is 31.0 Å². The molecule has 4 aromatic heterocycles. The van der Waals surface area contributed by atoms with Crippen molar-refractivity contribution in [3.8, 4) is 21.5 Å². The van der Waals surface area contributed by atoms with E-state index >= 15 is 0 Å². The summed E-state index contributed by atoms with van der Waals surface area (Å²) in [4.78, 5) is 21.9. The Bertz CT molecular complexity index is 1350. The second-order valence-corrected chi connectivity index (χ2v) is 8.29. The van der Waals surface area contributed by atoms with E-state index in [1.807, 2.05) is 48.1 Å². The molecule has 0 bridgehead atoms. The van der Waals surface area contributed by atoms with Gasteiger partial charge in [-0.2, -0.15) is 0 Å². The third kappa shape index (κ3) is 2.65. The molecule has 1 amide bonds. The Morgan fingerprint density at radius 1 is 1.14 bits per heavy atom. The van der Waals surface area contributed by atoms with Crippen molar-refractivity contribution in [2.45, 2.75) is 0 Å². The van der Waals surface area contributed by atoms with Gasteiger partial charge in [0.15, 0.2) is 5.06 Å². The van der Waals surface area contributed by atoms with Crippen molar-refractivity contribution >= 4 is 48.9 Å². The molecule has 0 atom stereocenters. The van der Waals surface area contributed by atoms with E-state index in [9.17, 15) is 4.79 Å². The highest BCUT2D eigenvalue weighted by molar-refractivity contribution is 7.22. The Balaban J connectivity index is 1.64. The summed E-state index contributed by atoms with van der Waals surface area (Å²) >= 11 is 2.96. The van der Waals surface area contributed by atoms with Gasteiger partial charge in [0.1, 0.15) is 17.1 Å². The number of rotatable bonds is 4. The summed E-state index contributed by atoms with van der Waals surface area (Å²) in [5.41, 5.74) is 6.87. The van der Waals surface area contributed by atoms with E-state index in [-0.39, 0.29) is 0 Å². The zero-order valence-electron chi connectivity index (χ0n) is 14.7. The summed E-state index contributed by atoms with van der Waals surface area (Å²) in [5, 5.41) is 1.30. The third-order valence-corrected chi connectivity index (χ3v) is 6.61. The molecule has 0 radical (unpaired) electrons. The fourth-order valence-corrected chi connectivity index (χ4v) is 5.31. The molecule has 0 aliphatic heterocycles. The molecule has 0 saturated heterocycles. The highest BCUT2D eigenvalue weighted by Crippen LogP contribution is 2.43. The van der Waals surface area contributed by atoms with E-state index in [1.165, 1.54) is 11.3 Å². The van der Waals surface area contributed by atoms with E-state index < -0.39 is 5.91 Å². The number of aromatic nitrogens is 3. The highest BCUT2D eigenvalue weighted by Gasteiger charge is 2.20. The monoisotopic (exact) mass is 406 g/mol. The lowest BCUT2D eigenvalue weighted by atomic mass is 10.1. The van der Waals surface area contributed by atoms with Crippen LogP contribution in [0.5, 0.6) is 10.8 Å². The maximum atomic E-state index is 12.1. The van der Waals surface area contributed by atoms with Gasteiger partial charge in [0.25, 0.3) is 5.91 Å². The number of fused-ring (bicyclic) bond motifs is 2. The maximum absolute atomic E-state index is 12.1. The van der Waals surface area contributed by atoms with Crippen LogP contribution in [0.15, 0.2) is 55.0 Å². The lowest BCUT2D eigenvalue weighted by molar-refractivity contribution is 0.100. The molecular formula is C20H14N4O2S2. The van der Waals surface area contributed by atoms with Gasteiger partial charge in [-0.25, -0.2) is 4.98 Å². The van der Waals surface area contributed by atoms with Gasteiger partial charge in [0, 0.05) is 41.8 Å². The lowest BCUT2D eigenvalue weighted by Gasteiger charge is -2.05. The van der Waals surface area contributed by atoms with Crippen molar-refractivity contribution in [3.05, 3.63) is 60.6 Å². The number of ether oxygens (including phenoxy) is 1. The topological polar surface area (TPSA) is 83.0 Å². The number of nitrogens with zero attached hydrogens (tertiary/aromatic N) is 3. The molecule has 5 aromatic rings. The first-order valence-electron chi connectivity index (χ1n) is 8.47. The number of hydrogen-bond donors (Lipinski definition) is 1. The molecule has 4 heterocycles. The van der Waals surface area contributed by atoms with Gasteiger partial charge in [-0.05, 0) is 12.1 Å². The summed E-state index contributed by atoms with van der Waals surface area (Å²) < 4.78 is 10.0. The fraction of sp³-hybridized carbons (Fsp3) is 0.0500. The molecule has 6 nitrogen and oxygen atoms in total. The van der Waals surface area contributed by atoms with Gasteiger partial charge in [-0.15, -0.1) is 11.3 Å². The van der Waals surface area contributed by atoms with Gasteiger partial charge >= 0.3 is 0 Å². The number of thiophene rings is 2. The molecule has 1 aromatic carbocycles. The predicted octanol–water partition coefficient (Wildman–Crippen LogP) is 4.80. The third-order valence-electron chi connectivity index (χ3n) is 4.43. The number of primary amides is 1. The molecule has 8 heteroatoms. The Kier molecular flexibility index (Phi) is 3.88. The minimum Gasteiger partial charge on any atom is -0.444 e. The standard InChI is InChI=1S/C20H14N4O2S2/c1-24-9-8-23-19(24)15-10-12-17(27-15)13(6-7-22-12)26-20-16(18(21)25)11-4-2-3-5-14(11)28-20/h2-10H,1H3,(H2,21,25). The molecule has 0 spiro atoms. The smallest absolute Gasteiger partial charge is 0.254 e. The first-order valence-corrected chi connectivity index (χ1v) is 10.1. The van der Waals surface area contributed by atoms with Crippen molar-refractivity contribution in [2.75, 3.05) is 0 Å². The van der Waals surface area contributed by atoms with Crippen LogP contribution in [0.4, 0.5) is 0 Å². The van der Waals surface area contributed by atoms with E-state index in [0.29, 0.717) is 16.4 Å². The average Bonchev–Trinajstić information content (AvgIpc) is 3.37. The molecule has 28 heavy (non-hydrogen) atoms. The van der Waals surface area contributed by atoms with Crippen LogP contribution in [0.25, 0.3) is 31.0 Å². The SMILES string of the molecule is Cn1ccnc1-c1cc2nccc(Oc3sc4ccccc4c3C(N)=O)c2s1. The normalized spacial score (nSPS) is 11.3.